The number of benzene rings is 6. The fourth-order valence-corrected chi connectivity index (χ4v) is 5.63. The maximum absolute atomic E-state index is 9.00. The summed E-state index contributed by atoms with van der Waals surface area (Å²) in [5.41, 5.74) is 13.4. The summed E-state index contributed by atoms with van der Waals surface area (Å²) in [7, 11) is 0. The molecule has 296 valence electrons. The molecular formula is C50H40N2O4Pd2-2. The first-order valence-electron chi connectivity index (χ1n) is 17.8. The van der Waals surface area contributed by atoms with Crippen LogP contribution in [0, 0.1) is 12.1 Å². The van der Waals surface area contributed by atoms with E-state index in [1.807, 2.05) is 60.9 Å². The normalized spacial score (nSPS) is 9.55. The van der Waals surface area contributed by atoms with Gasteiger partial charge in [-0.05, 0) is 56.9 Å². The van der Waals surface area contributed by atoms with Crippen LogP contribution in [0.3, 0.4) is 0 Å². The fourth-order valence-electron chi connectivity index (χ4n) is 5.63. The van der Waals surface area contributed by atoms with Crippen molar-refractivity contribution in [2.45, 2.75) is 13.8 Å². The molecule has 0 aliphatic heterocycles. The van der Waals surface area contributed by atoms with Gasteiger partial charge in [-0.3, -0.25) is 9.59 Å². The zero-order valence-electron chi connectivity index (χ0n) is 31.7. The molecule has 8 heteroatoms. The molecule has 0 atom stereocenters. The number of carboxylic acids is 2. The molecule has 0 saturated carbocycles. The molecule has 2 heterocycles. The Labute approximate surface area is 367 Å². The van der Waals surface area contributed by atoms with Crippen LogP contribution in [0.2, 0.25) is 0 Å². The molecular weight excluding hydrogens is 905 g/mol. The summed E-state index contributed by atoms with van der Waals surface area (Å²) in [6, 6.07) is 68.8. The van der Waals surface area contributed by atoms with E-state index in [0.29, 0.717) is 0 Å². The number of nitrogens with zero attached hydrogens (tertiary/aromatic N) is 2. The SMILES string of the molecule is CC(=O)O.CC(=O)O.[Pd].[Pd].[c-]1ccc(-c2ccccc2)cc1-c1cc(-c2ccccc2)ccn1.[c-]1ccc(-c2ccccc2)cc1-c1cc(-c2ccccc2)ccn1. The Balaban J connectivity index is 0.000000255. The second-order valence-electron chi connectivity index (χ2n) is 12.3. The summed E-state index contributed by atoms with van der Waals surface area (Å²) in [5, 5.41) is 14.8. The van der Waals surface area contributed by atoms with Crippen LogP contribution in [0.1, 0.15) is 13.8 Å². The summed E-state index contributed by atoms with van der Waals surface area (Å²) >= 11 is 0. The number of aliphatic carboxylic acids is 2. The van der Waals surface area contributed by atoms with Crippen molar-refractivity contribution in [1.29, 1.82) is 0 Å². The smallest absolute Gasteiger partial charge is 0.300 e. The van der Waals surface area contributed by atoms with Gasteiger partial charge in [0, 0.05) is 67.1 Å². The van der Waals surface area contributed by atoms with Crippen LogP contribution in [0.25, 0.3) is 67.0 Å². The molecule has 2 N–H and O–H groups in total. The maximum atomic E-state index is 9.00. The predicted octanol–water partition coefficient (Wildman–Crippen LogP) is 11.9. The first-order chi connectivity index (χ1) is 27.3. The van der Waals surface area contributed by atoms with Crippen molar-refractivity contribution >= 4 is 11.9 Å². The molecule has 0 radical (unpaired) electrons. The summed E-state index contributed by atoms with van der Waals surface area (Å²) in [6.07, 6.45) is 3.72. The summed E-state index contributed by atoms with van der Waals surface area (Å²) < 4.78 is 0. The first kappa shape index (κ1) is 46.3. The molecule has 0 spiro atoms. The van der Waals surface area contributed by atoms with Gasteiger partial charge in [0.1, 0.15) is 0 Å². The van der Waals surface area contributed by atoms with Crippen LogP contribution in [0.4, 0.5) is 0 Å². The third-order valence-corrected chi connectivity index (χ3v) is 8.10. The van der Waals surface area contributed by atoms with Crippen LogP contribution in [-0.2, 0) is 50.4 Å². The van der Waals surface area contributed by atoms with Gasteiger partial charge in [0.2, 0.25) is 0 Å². The minimum absolute atomic E-state index is 0. The number of carboxylic acid groups (broad SMARTS) is 2. The molecule has 8 rings (SSSR count). The van der Waals surface area contributed by atoms with Gasteiger partial charge in [0.05, 0.1) is 0 Å². The van der Waals surface area contributed by atoms with E-state index >= 15 is 0 Å². The fraction of sp³-hybridized carbons (Fsp3) is 0.0400. The predicted molar refractivity (Wildman–Crippen MR) is 225 cm³/mol. The number of hydrogen-bond acceptors (Lipinski definition) is 4. The standard InChI is InChI=1S/2C23H16N.2C2H4O2.2Pd/c2*1-3-8-18(9-4-1)20-12-7-13-22(16-20)23-17-21(14-15-24-23)19-10-5-2-6-11-19;2*1-2(3)4;;/h2*1-12,14-17H;2*1H3,(H,3,4);;/q2*-1;;;;. The van der Waals surface area contributed by atoms with Gasteiger partial charge in [-0.1, -0.05) is 133 Å². The number of rotatable bonds is 6. The molecule has 0 unspecified atom stereocenters. The van der Waals surface area contributed by atoms with Crippen molar-refractivity contribution in [3.63, 3.8) is 0 Å². The molecule has 0 fully saturated rings. The van der Waals surface area contributed by atoms with Gasteiger partial charge in [0.25, 0.3) is 11.9 Å². The van der Waals surface area contributed by atoms with E-state index < -0.39 is 11.9 Å². The van der Waals surface area contributed by atoms with Crippen LogP contribution in [-0.4, -0.2) is 32.1 Å². The zero-order valence-corrected chi connectivity index (χ0v) is 34.8. The van der Waals surface area contributed by atoms with Crippen LogP contribution < -0.4 is 0 Å². The van der Waals surface area contributed by atoms with Crippen LogP contribution >= 0.6 is 0 Å². The van der Waals surface area contributed by atoms with Gasteiger partial charge in [-0.15, -0.1) is 70.8 Å². The Hall–Kier alpha value is -6.12. The van der Waals surface area contributed by atoms with Crippen molar-refractivity contribution in [3.8, 4) is 67.0 Å². The van der Waals surface area contributed by atoms with E-state index in [4.69, 9.17) is 19.8 Å². The quantitative estimate of drug-likeness (QED) is 0.127. The third-order valence-electron chi connectivity index (χ3n) is 8.10. The maximum Gasteiger partial charge on any atom is 0.300 e. The van der Waals surface area contributed by atoms with E-state index in [2.05, 4.69) is 156 Å². The number of aromatic nitrogens is 2. The molecule has 0 amide bonds. The molecule has 58 heavy (non-hydrogen) atoms. The molecule has 0 aliphatic rings. The van der Waals surface area contributed by atoms with Gasteiger partial charge in [-0.2, -0.15) is 0 Å². The first-order valence-corrected chi connectivity index (χ1v) is 17.8. The van der Waals surface area contributed by atoms with E-state index in [0.717, 1.165) is 36.4 Å². The Kier molecular flexibility index (Phi) is 19.5. The van der Waals surface area contributed by atoms with Crippen molar-refractivity contribution in [3.05, 3.63) is 207 Å². The zero-order chi connectivity index (χ0) is 39.5. The number of pyridine rings is 2. The number of hydrogen-bond donors (Lipinski definition) is 2. The van der Waals surface area contributed by atoms with Crippen LogP contribution in [0.5, 0.6) is 0 Å². The second kappa shape index (κ2) is 24.5. The van der Waals surface area contributed by atoms with Crippen molar-refractivity contribution in [1.82, 2.24) is 9.97 Å². The third kappa shape index (κ3) is 14.8. The van der Waals surface area contributed by atoms with Gasteiger partial charge in [-0.25, -0.2) is 0 Å². The molecule has 2 aromatic heterocycles. The second-order valence-corrected chi connectivity index (χ2v) is 12.3. The average Bonchev–Trinajstić information content (AvgIpc) is 3.25. The van der Waals surface area contributed by atoms with E-state index in [1.54, 1.807) is 0 Å². The monoisotopic (exact) mass is 944 g/mol. The summed E-state index contributed by atoms with van der Waals surface area (Å²) in [4.78, 5) is 27.1. The van der Waals surface area contributed by atoms with Crippen molar-refractivity contribution in [2.75, 3.05) is 0 Å². The molecule has 0 aliphatic carbocycles. The average molecular weight is 946 g/mol. The topological polar surface area (TPSA) is 100 Å². The Bertz CT molecular complexity index is 2100. The van der Waals surface area contributed by atoms with Crippen molar-refractivity contribution < 1.29 is 60.6 Å². The van der Waals surface area contributed by atoms with Crippen LogP contribution in [0.15, 0.2) is 194 Å². The molecule has 8 aromatic rings. The van der Waals surface area contributed by atoms with E-state index in [9.17, 15) is 0 Å². The molecule has 6 aromatic carbocycles. The minimum Gasteiger partial charge on any atom is -0.481 e. The molecule has 0 saturated heterocycles. The Morgan fingerprint density at radius 1 is 0.397 bits per heavy atom. The van der Waals surface area contributed by atoms with Gasteiger partial charge >= 0.3 is 0 Å². The van der Waals surface area contributed by atoms with E-state index in [-0.39, 0.29) is 40.8 Å². The largest absolute Gasteiger partial charge is 0.481 e. The van der Waals surface area contributed by atoms with Crippen molar-refractivity contribution in [2.24, 2.45) is 0 Å². The van der Waals surface area contributed by atoms with Gasteiger partial charge < -0.3 is 20.2 Å². The number of carbonyl (C=O) groups is 2. The molecule has 6 nitrogen and oxygen atoms in total. The van der Waals surface area contributed by atoms with Gasteiger partial charge in [0.15, 0.2) is 0 Å². The Morgan fingerprint density at radius 2 is 0.655 bits per heavy atom. The Morgan fingerprint density at radius 3 is 0.931 bits per heavy atom. The van der Waals surface area contributed by atoms with E-state index in [1.165, 1.54) is 44.5 Å². The summed E-state index contributed by atoms with van der Waals surface area (Å²) in [6.45, 7) is 2.17. The molecule has 0 bridgehead atoms. The minimum atomic E-state index is -0.833. The summed E-state index contributed by atoms with van der Waals surface area (Å²) in [5.74, 6) is -1.67.